The quantitative estimate of drug-likeness (QED) is 0.818. The van der Waals surface area contributed by atoms with E-state index in [1.165, 1.54) is 23.1 Å². The highest BCUT2D eigenvalue weighted by Crippen LogP contribution is 2.26. The van der Waals surface area contributed by atoms with Gasteiger partial charge in [-0.25, -0.2) is 4.79 Å². The summed E-state index contributed by atoms with van der Waals surface area (Å²) in [5.41, 5.74) is 5.77. The number of rotatable bonds is 5. The predicted molar refractivity (Wildman–Crippen MR) is 84.7 cm³/mol. The Morgan fingerprint density at radius 1 is 1.25 bits per heavy atom. The number of hydrogen-bond acceptors (Lipinski definition) is 4. The van der Waals surface area contributed by atoms with Crippen LogP contribution >= 0.6 is 0 Å². The largest absolute Gasteiger partial charge is 0.484 e. The summed E-state index contributed by atoms with van der Waals surface area (Å²) in [5.74, 6) is 0.0310. The maximum Gasteiger partial charge on any atom is 0.422 e. The van der Waals surface area contributed by atoms with E-state index in [9.17, 15) is 18.0 Å². The second-order valence-corrected chi connectivity index (χ2v) is 6.27. The van der Waals surface area contributed by atoms with Crippen LogP contribution in [0.4, 0.5) is 23.7 Å². The van der Waals surface area contributed by atoms with Gasteiger partial charge in [0.25, 0.3) is 0 Å². The van der Waals surface area contributed by atoms with Gasteiger partial charge in [-0.05, 0) is 45.9 Å². The summed E-state index contributed by atoms with van der Waals surface area (Å²) >= 11 is 0. The van der Waals surface area contributed by atoms with Crippen molar-refractivity contribution < 1.29 is 27.4 Å². The number of nitrogens with two attached hydrogens (primary N) is 1. The molecule has 0 aliphatic carbocycles. The van der Waals surface area contributed by atoms with Gasteiger partial charge < -0.3 is 20.1 Å². The van der Waals surface area contributed by atoms with Gasteiger partial charge in [0.05, 0.1) is 6.54 Å². The number of benzene rings is 1. The van der Waals surface area contributed by atoms with Crippen LogP contribution in [0.15, 0.2) is 18.2 Å². The Hall–Kier alpha value is -2.12. The lowest BCUT2D eigenvalue weighted by atomic mass is 10.1. The van der Waals surface area contributed by atoms with Crippen molar-refractivity contribution in [2.45, 2.75) is 46.0 Å². The van der Waals surface area contributed by atoms with Crippen molar-refractivity contribution in [2.24, 2.45) is 0 Å². The minimum absolute atomic E-state index is 0.0310. The molecule has 0 heterocycles. The standard InChI is InChI=1S/C16H23F3N2O3/c1-5-21(14(22)24-15(2,3)4)9-11-8-12(20)6-7-13(11)23-10-16(17,18)19/h6-8H,5,9-10,20H2,1-4H3. The first-order valence-electron chi connectivity index (χ1n) is 7.47. The van der Waals surface area contributed by atoms with Gasteiger partial charge in [0.1, 0.15) is 11.4 Å². The number of nitrogens with zero attached hydrogens (tertiary/aromatic N) is 1. The van der Waals surface area contributed by atoms with Crippen molar-refractivity contribution in [1.82, 2.24) is 4.90 Å². The lowest BCUT2D eigenvalue weighted by Crippen LogP contribution is -2.36. The maximum absolute atomic E-state index is 12.4. The third-order valence-corrected chi connectivity index (χ3v) is 2.87. The predicted octanol–water partition coefficient (Wildman–Crippen LogP) is 3.97. The molecule has 2 N–H and O–H groups in total. The van der Waals surface area contributed by atoms with Crippen molar-refractivity contribution in [3.05, 3.63) is 23.8 Å². The van der Waals surface area contributed by atoms with Crippen LogP contribution in [-0.4, -0.2) is 35.9 Å². The van der Waals surface area contributed by atoms with Crippen LogP contribution in [-0.2, 0) is 11.3 Å². The molecule has 0 spiro atoms. The Morgan fingerprint density at radius 3 is 2.38 bits per heavy atom. The summed E-state index contributed by atoms with van der Waals surface area (Å²) in [5, 5.41) is 0. The number of nitrogen functional groups attached to an aromatic ring is 1. The van der Waals surface area contributed by atoms with Crippen molar-refractivity contribution in [3.63, 3.8) is 0 Å². The van der Waals surface area contributed by atoms with Crippen LogP contribution < -0.4 is 10.5 Å². The van der Waals surface area contributed by atoms with E-state index in [-0.39, 0.29) is 12.3 Å². The number of halogens is 3. The summed E-state index contributed by atoms with van der Waals surface area (Å²) in [6.45, 7) is 5.88. The average molecular weight is 348 g/mol. The molecule has 0 bridgehead atoms. The Bertz CT molecular complexity index is 569. The highest BCUT2D eigenvalue weighted by molar-refractivity contribution is 5.68. The van der Waals surface area contributed by atoms with Crippen LogP contribution in [0.1, 0.15) is 33.3 Å². The average Bonchev–Trinajstić information content (AvgIpc) is 2.40. The molecule has 0 aliphatic heterocycles. The normalized spacial score (nSPS) is 12.0. The summed E-state index contributed by atoms with van der Waals surface area (Å²) in [7, 11) is 0. The van der Waals surface area contributed by atoms with Gasteiger partial charge in [-0.1, -0.05) is 0 Å². The molecule has 136 valence electrons. The molecule has 1 rings (SSSR count). The fourth-order valence-corrected chi connectivity index (χ4v) is 1.86. The van der Waals surface area contributed by atoms with Gasteiger partial charge in [-0.15, -0.1) is 0 Å². The Morgan fingerprint density at radius 2 is 1.88 bits per heavy atom. The highest BCUT2D eigenvalue weighted by Gasteiger charge is 2.29. The number of anilines is 1. The smallest absolute Gasteiger partial charge is 0.422 e. The van der Waals surface area contributed by atoms with Crippen LogP contribution in [0.3, 0.4) is 0 Å². The molecular weight excluding hydrogens is 325 g/mol. The van der Waals surface area contributed by atoms with Gasteiger partial charge in [-0.3, -0.25) is 0 Å². The molecule has 1 amide bonds. The topological polar surface area (TPSA) is 64.8 Å². The first-order chi connectivity index (χ1) is 10.9. The SMILES string of the molecule is CCN(Cc1cc(N)ccc1OCC(F)(F)F)C(=O)OC(C)(C)C. The van der Waals surface area contributed by atoms with Gasteiger partial charge in [0, 0.05) is 17.8 Å². The molecule has 0 radical (unpaired) electrons. The molecular formula is C16H23F3N2O3. The van der Waals surface area contributed by atoms with Gasteiger partial charge in [-0.2, -0.15) is 13.2 Å². The zero-order chi connectivity index (χ0) is 18.5. The molecule has 0 saturated carbocycles. The number of ether oxygens (including phenoxy) is 2. The molecule has 1 aromatic carbocycles. The van der Waals surface area contributed by atoms with Gasteiger partial charge >= 0.3 is 12.3 Å². The molecule has 8 heteroatoms. The van der Waals surface area contributed by atoms with E-state index in [1.807, 2.05) is 0 Å². The Balaban J connectivity index is 2.94. The molecule has 0 atom stereocenters. The Kier molecular flexibility index (Phi) is 6.34. The summed E-state index contributed by atoms with van der Waals surface area (Å²) in [6, 6.07) is 4.29. The van der Waals surface area contributed by atoms with E-state index in [2.05, 4.69) is 0 Å². The first-order valence-corrected chi connectivity index (χ1v) is 7.47. The first kappa shape index (κ1) is 19.9. The van der Waals surface area contributed by atoms with Crippen LogP contribution in [0.25, 0.3) is 0 Å². The molecule has 5 nitrogen and oxygen atoms in total. The van der Waals surface area contributed by atoms with Gasteiger partial charge in [0.15, 0.2) is 6.61 Å². The van der Waals surface area contributed by atoms with Gasteiger partial charge in [0.2, 0.25) is 0 Å². The third-order valence-electron chi connectivity index (χ3n) is 2.87. The van der Waals surface area contributed by atoms with Crippen molar-refractivity contribution in [3.8, 4) is 5.75 Å². The lowest BCUT2D eigenvalue weighted by molar-refractivity contribution is -0.153. The number of amides is 1. The second-order valence-electron chi connectivity index (χ2n) is 6.27. The number of alkyl halides is 3. The van der Waals surface area contributed by atoms with Crippen molar-refractivity contribution >= 4 is 11.8 Å². The van der Waals surface area contributed by atoms with Crippen LogP contribution in [0.5, 0.6) is 5.75 Å². The second kappa shape index (κ2) is 7.63. The molecule has 0 saturated heterocycles. The summed E-state index contributed by atoms with van der Waals surface area (Å²) < 4.78 is 47.2. The van der Waals surface area contributed by atoms with E-state index in [0.29, 0.717) is 17.8 Å². The summed E-state index contributed by atoms with van der Waals surface area (Å²) in [6.07, 6.45) is -5.01. The number of carbonyl (C=O) groups is 1. The molecule has 0 aliphatic rings. The minimum Gasteiger partial charge on any atom is -0.484 e. The molecule has 0 unspecified atom stereocenters. The minimum atomic E-state index is -4.45. The van der Waals surface area contributed by atoms with E-state index in [1.54, 1.807) is 27.7 Å². The maximum atomic E-state index is 12.4. The third kappa shape index (κ3) is 6.97. The number of hydrogen-bond donors (Lipinski definition) is 1. The van der Waals surface area contributed by atoms with E-state index < -0.39 is 24.5 Å². The molecule has 0 aromatic heterocycles. The molecule has 0 fully saturated rings. The van der Waals surface area contributed by atoms with Crippen molar-refractivity contribution in [1.29, 1.82) is 0 Å². The van der Waals surface area contributed by atoms with E-state index >= 15 is 0 Å². The highest BCUT2D eigenvalue weighted by atomic mass is 19.4. The van der Waals surface area contributed by atoms with Crippen LogP contribution in [0.2, 0.25) is 0 Å². The Labute approximate surface area is 139 Å². The van der Waals surface area contributed by atoms with E-state index in [0.717, 1.165) is 0 Å². The van der Waals surface area contributed by atoms with Crippen molar-refractivity contribution in [2.75, 3.05) is 18.9 Å². The monoisotopic (exact) mass is 348 g/mol. The van der Waals surface area contributed by atoms with E-state index in [4.69, 9.17) is 15.2 Å². The lowest BCUT2D eigenvalue weighted by Gasteiger charge is -2.27. The molecule has 24 heavy (non-hydrogen) atoms. The molecule has 1 aromatic rings. The van der Waals surface area contributed by atoms with Crippen LogP contribution in [0, 0.1) is 0 Å². The zero-order valence-electron chi connectivity index (χ0n) is 14.2. The number of carbonyl (C=O) groups excluding carboxylic acids is 1. The zero-order valence-corrected chi connectivity index (χ0v) is 14.2. The fraction of sp³-hybridized carbons (Fsp3) is 0.562. The summed E-state index contributed by atoms with van der Waals surface area (Å²) in [4.78, 5) is 13.5. The fourth-order valence-electron chi connectivity index (χ4n) is 1.86.